The quantitative estimate of drug-likeness (QED) is 0.404. The number of alkyl halides is 3. The second kappa shape index (κ2) is 12.3. The Labute approximate surface area is 223 Å². The normalized spacial score (nSPS) is 15.1. The molecular formula is C24H27Cl2F3N6O2. The standard InChI is InChI=1S/C24H25F3N6O2.2ClH/c1-14-16(7-10-20(28)32-14)11-31-22(34)19-9-8-17-12-29-21(23(35)33(17)19)30-13-18(24(25,26)27)15-5-3-2-4-6-15;;/h2-7,10,12,18-19H,8-9,11,13H2,1H3,(H2,28,32)(H,29,30)(H,31,34);2*1H/t18-,19-;;/m0../s1. The molecule has 0 saturated carbocycles. The van der Waals surface area contributed by atoms with E-state index in [2.05, 4.69) is 20.6 Å². The fraction of sp³-hybridized carbons (Fsp3) is 0.333. The first-order valence-corrected chi connectivity index (χ1v) is 11.1. The maximum Gasteiger partial charge on any atom is 0.397 e. The molecule has 2 atom stereocenters. The van der Waals surface area contributed by atoms with E-state index in [4.69, 9.17) is 5.73 Å². The van der Waals surface area contributed by atoms with E-state index in [1.54, 1.807) is 25.1 Å². The highest BCUT2D eigenvalue weighted by Crippen LogP contribution is 2.34. The fourth-order valence-electron chi connectivity index (χ4n) is 4.21. The second-order valence-electron chi connectivity index (χ2n) is 8.41. The van der Waals surface area contributed by atoms with Crippen molar-refractivity contribution in [3.05, 3.63) is 81.5 Å². The fourth-order valence-corrected chi connectivity index (χ4v) is 4.21. The van der Waals surface area contributed by atoms with Gasteiger partial charge in [0.2, 0.25) is 5.91 Å². The van der Waals surface area contributed by atoms with Crippen molar-refractivity contribution >= 4 is 42.4 Å². The molecule has 4 N–H and O–H groups in total. The first-order valence-electron chi connectivity index (χ1n) is 11.1. The zero-order valence-corrected chi connectivity index (χ0v) is 21.4. The smallest absolute Gasteiger partial charge is 0.384 e. The first-order chi connectivity index (χ1) is 16.6. The summed E-state index contributed by atoms with van der Waals surface area (Å²) in [7, 11) is 0. The van der Waals surface area contributed by atoms with Crippen molar-refractivity contribution in [2.45, 2.75) is 44.4 Å². The van der Waals surface area contributed by atoms with Gasteiger partial charge in [0.15, 0.2) is 5.82 Å². The van der Waals surface area contributed by atoms with Crippen LogP contribution in [0.5, 0.6) is 0 Å². The molecule has 3 heterocycles. The molecule has 4 rings (SSSR count). The van der Waals surface area contributed by atoms with Crippen molar-refractivity contribution in [1.29, 1.82) is 0 Å². The molecule has 0 fully saturated rings. The maximum atomic E-state index is 13.7. The molecule has 8 nitrogen and oxygen atoms in total. The number of nitrogen functional groups attached to an aromatic ring is 1. The van der Waals surface area contributed by atoms with Gasteiger partial charge in [-0.15, -0.1) is 24.8 Å². The minimum absolute atomic E-state index is 0. The molecule has 13 heteroatoms. The molecule has 0 radical (unpaired) electrons. The molecule has 0 saturated heterocycles. The van der Waals surface area contributed by atoms with E-state index >= 15 is 0 Å². The third-order valence-corrected chi connectivity index (χ3v) is 6.10. The Morgan fingerprint density at radius 3 is 2.54 bits per heavy atom. The summed E-state index contributed by atoms with van der Waals surface area (Å²) in [4.78, 5) is 34.2. The van der Waals surface area contributed by atoms with Crippen LogP contribution in [0.25, 0.3) is 0 Å². The van der Waals surface area contributed by atoms with Crippen LogP contribution >= 0.6 is 24.8 Å². The van der Waals surface area contributed by atoms with Crippen LogP contribution in [0.3, 0.4) is 0 Å². The second-order valence-corrected chi connectivity index (χ2v) is 8.41. The highest BCUT2D eigenvalue weighted by molar-refractivity contribution is 5.85. The number of rotatable bonds is 7. The number of nitrogens with zero attached hydrogens (tertiary/aromatic N) is 3. The highest BCUT2D eigenvalue weighted by Gasteiger charge is 2.40. The van der Waals surface area contributed by atoms with E-state index in [0.29, 0.717) is 30.0 Å². The van der Waals surface area contributed by atoms with E-state index < -0.39 is 30.2 Å². The monoisotopic (exact) mass is 558 g/mol. The number of aromatic nitrogens is 3. The molecule has 1 aromatic carbocycles. The molecular weight excluding hydrogens is 532 g/mol. The van der Waals surface area contributed by atoms with Gasteiger partial charge in [0.05, 0.1) is 5.92 Å². The summed E-state index contributed by atoms with van der Waals surface area (Å²) < 4.78 is 42.3. The van der Waals surface area contributed by atoms with Crippen LogP contribution in [-0.2, 0) is 17.8 Å². The van der Waals surface area contributed by atoms with Gasteiger partial charge in [0.25, 0.3) is 5.56 Å². The average Bonchev–Trinajstić information content (AvgIpc) is 3.25. The number of carbonyl (C=O) groups is 1. The van der Waals surface area contributed by atoms with Gasteiger partial charge >= 0.3 is 6.18 Å². The number of fused-ring (bicyclic) bond motifs is 1. The number of hydrogen-bond acceptors (Lipinski definition) is 6. The number of nitrogens with one attached hydrogen (secondary N) is 2. The number of nitrogens with two attached hydrogens (primary N) is 1. The number of pyridine rings is 1. The molecule has 1 aliphatic heterocycles. The van der Waals surface area contributed by atoms with Crippen LogP contribution in [-0.4, -0.2) is 33.2 Å². The lowest BCUT2D eigenvalue weighted by atomic mass is 9.98. The summed E-state index contributed by atoms with van der Waals surface area (Å²) in [6.07, 6.45) is -2.24. The minimum Gasteiger partial charge on any atom is -0.384 e. The molecule has 1 amide bonds. The number of hydrogen-bond donors (Lipinski definition) is 3. The largest absolute Gasteiger partial charge is 0.397 e. The van der Waals surface area contributed by atoms with E-state index in [0.717, 1.165) is 5.56 Å². The van der Waals surface area contributed by atoms with E-state index in [-0.39, 0.29) is 48.6 Å². The van der Waals surface area contributed by atoms with Gasteiger partial charge in [-0.05, 0) is 37.0 Å². The Balaban J connectivity index is 0.00000241. The Kier molecular flexibility index (Phi) is 9.93. The van der Waals surface area contributed by atoms with E-state index in [9.17, 15) is 22.8 Å². The summed E-state index contributed by atoms with van der Waals surface area (Å²) in [5.41, 5.74) is 7.14. The van der Waals surface area contributed by atoms with Crippen molar-refractivity contribution in [2.24, 2.45) is 0 Å². The molecule has 200 valence electrons. The lowest BCUT2D eigenvalue weighted by Crippen LogP contribution is -2.37. The van der Waals surface area contributed by atoms with Crippen LogP contribution < -0.4 is 21.9 Å². The van der Waals surface area contributed by atoms with Gasteiger partial charge in [-0.2, -0.15) is 13.2 Å². The molecule has 3 aromatic rings. The zero-order chi connectivity index (χ0) is 25.2. The summed E-state index contributed by atoms with van der Waals surface area (Å²) in [6.45, 7) is 1.43. The topological polar surface area (TPSA) is 115 Å². The van der Waals surface area contributed by atoms with Gasteiger partial charge in [0.1, 0.15) is 11.9 Å². The summed E-state index contributed by atoms with van der Waals surface area (Å²) in [5.74, 6) is -2.03. The molecule has 0 bridgehead atoms. The molecule has 1 aliphatic rings. The number of benzene rings is 1. The zero-order valence-electron chi connectivity index (χ0n) is 19.8. The van der Waals surface area contributed by atoms with Gasteiger partial charge in [-0.25, -0.2) is 9.97 Å². The third-order valence-electron chi connectivity index (χ3n) is 6.10. The Morgan fingerprint density at radius 2 is 1.89 bits per heavy atom. The predicted octanol–water partition coefficient (Wildman–Crippen LogP) is 3.93. The van der Waals surface area contributed by atoms with Crippen molar-refractivity contribution < 1.29 is 18.0 Å². The maximum absolute atomic E-state index is 13.7. The lowest BCUT2D eigenvalue weighted by molar-refractivity contribution is -0.147. The Hall–Kier alpha value is -3.31. The van der Waals surface area contributed by atoms with Gasteiger partial charge in [-0.1, -0.05) is 36.4 Å². The van der Waals surface area contributed by atoms with Gasteiger partial charge < -0.3 is 16.4 Å². The predicted molar refractivity (Wildman–Crippen MR) is 139 cm³/mol. The Bertz CT molecular complexity index is 1290. The Morgan fingerprint density at radius 1 is 1.19 bits per heavy atom. The van der Waals surface area contributed by atoms with Crippen molar-refractivity contribution in [3.63, 3.8) is 0 Å². The minimum atomic E-state index is -4.52. The van der Waals surface area contributed by atoms with Crippen molar-refractivity contribution in [1.82, 2.24) is 19.9 Å². The van der Waals surface area contributed by atoms with Gasteiger partial charge in [0, 0.05) is 30.7 Å². The highest BCUT2D eigenvalue weighted by atomic mass is 35.5. The average molecular weight is 559 g/mol. The van der Waals surface area contributed by atoms with Crippen LogP contribution in [0.4, 0.5) is 24.8 Å². The molecule has 0 aliphatic carbocycles. The van der Waals surface area contributed by atoms with Crippen molar-refractivity contribution in [2.75, 3.05) is 17.6 Å². The van der Waals surface area contributed by atoms with Gasteiger partial charge in [-0.3, -0.25) is 14.2 Å². The van der Waals surface area contributed by atoms with Crippen molar-refractivity contribution in [3.8, 4) is 0 Å². The third kappa shape index (κ3) is 6.72. The lowest BCUT2D eigenvalue weighted by Gasteiger charge is -2.22. The van der Waals surface area contributed by atoms with Crippen LogP contribution in [0, 0.1) is 6.92 Å². The number of amides is 1. The summed E-state index contributed by atoms with van der Waals surface area (Å²) >= 11 is 0. The number of anilines is 2. The SMILES string of the molecule is Cc1nc(N)ccc1CNC(=O)[C@@H]1CCc2cnc(NC[C@@H](c3ccccc3)C(F)(F)F)c(=O)n21.Cl.Cl. The number of aryl methyl sites for hydroxylation is 2. The molecule has 37 heavy (non-hydrogen) atoms. The van der Waals surface area contributed by atoms with Crippen LogP contribution in [0.2, 0.25) is 0 Å². The number of carbonyl (C=O) groups excluding carboxylic acids is 1. The van der Waals surface area contributed by atoms with E-state index in [1.165, 1.54) is 35.0 Å². The molecule has 0 spiro atoms. The summed E-state index contributed by atoms with van der Waals surface area (Å²) in [5, 5.41) is 5.37. The number of halogens is 5. The first kappa shape index (κ1) is 29.9. The van der Waals surface area contributed by atoms with Crippen LogP contribution in [0.15, 0.2) is 53.5 Å². The van der Waals surface area contributed by atoms with E-state index in [1.807, 2.05) is 0 Å². The van der Waals surface area contributed by atoms with Crippen LogP contribution in [0.1, 0.15) is 40.9 Å². The molecule has 2 aromatic heterocycles. The summed E-state index contributed by atoms with van der Waals surface area (Å²) in [6, 6.07) is 10.1. The molecule has 0 unspecified atom stereocenters.